The number of nitrogens with zero attached hydrogens (tertiary/aromatic N) is 3. The number of sulfonamides is 1. The third-order valence-electron chi connectivity index (χ3n) is 8.19. The van der Waals surface area contributed by atoms with Crippen LogP contribution in [0.5, 0.6) is 5.75 Å². The fraction of sp³-hybridized carbons (Fsp3) is 0.312. The first-order valence-electron chi connectivity index (χ1n) is 14.8. The van der Waals surface area contributed by atoms with Crippen molar-refractivity contribution in [3.05, 3.63) is 89.7 Å². The molecule has 11 nitrogen and oxygen atoms in total. The number of amides is 2. The van der Waals surface area contributed by atoms with Crippen LogP contribution in [-0.2, 0) is 26.0 Å². The number of aryl methyl sites for hydroxylation is 1. The van der Waals surface area contributed by atoms with Gasteiger partial charge >= 0.3 is 11.8 Å². The molecule has 1 atom stereocenters. The molecule has 2 aromatic heterocycles. The van der Waals surface area contributed by atoms with Gasteiger partial charge in [0.25, 0.3) is 10.0 Å². The molecule has 0 radical (unpaired) electrons. The number of hydrogen-bond acceptors (Lipinski definition) is 9. The number of rotatable bonds is 9. The molecule has 13 heteroatoms. The molecule has 2 N–H and O–H groups in total. The average molecular weight is 650 g/mol. The molecule has 0 saturated carbocycles. The maximum absolute atomic E-state index is 13.3. The number of benzene rings is 2. The summed E-state index contributed by atoms with van der Waals surface area (Å²) in [5.41, 5.74) is 2.85. The molecular weight excluding hydrogens is 615 g/mol. The quantitative estimate of drug-likeness (QED) is 0.260. The van der Waals surface area contributed by atoms with E-state index in [-0.39, 0.29) is 16.8 Å². The van der Waals surface area contributed by atoms with Crippen molar-refractivity contribution in [2.24, 2.45) is 0 Å². The van der Waals surface area contributed by atoms with Gasteiger partial charge in [-0.25, -0.2) is 8.42 Å². The van der Waals surface area contributed by atoms with Gasteiger partial charge in [0.1, 0.15) is 15.7 Å². The Bertz CT molecular complexity index is 1720. The molecule has 2 aliphatic heterocycles. The first kappa shape index (κ1) is 30.7. The van der Waals surface area contributed by atoms with Crippen LogP contribution in [0.15, 0.2) is 87.0 Å². The summed E-state index contributed by atoms with van der Waals surface area (Å²) in [4.78, 5) is 30.5. The highest BCUT2D eigenvalue weighted by Gasteiger charge is 2.31. The third-order valence-corrected chi connectivity index (χ3v) is 11.4. The molecule has 45 heavy (non-hydrogen) atoms. The monoisotopic (exact) mass is 649 g/mol. The van der Waals surface area contributed by atoms with Crippen molar-refractivity contribution in [3.8, 4) is 5.75 Å². The Morgan fingerprint density at radius 3 is 2.47 bits per heavy atom. The van der Waals surface area contributed by atoms with E-state index in [1.165, 1.54) is 4.31 Å². The minimum atomic E-state index is -3.73. The molecule has 0 aliphatic carbocycles. The second-order valence-electron chi connectivity index (χ2n) is 10.9. The van der Waals surface area contributed by atoms with E-state index in [1.54, 1.807) is 49.1 Å². The van der Waals surface area contributed by atoms with Crippen molar-refractivity contribution in [1.82, 2.24) is 10.2 Å². The number of carbonyl (C=O) groups excluding carboxylic acids is 2. The van der Waals surface area contributed by atoms with Crippen LogP contribution in [-0.4, -0.2) is 71.5 Å². The summed E-state index contributed by atoms with van der Waals surface area (Å²) in [6.07, 6.45) is 3.02. The second-order valence-corrected chi connectivity index (χ2v) is 13.9. The summed E-state index contributed by atoms with van der Waals surface area (Å²) in [6, 6.07) is 19.8. The molecular formula is C32H35N5O6S2. The van der Waals surface area contributed by atoms with E-state index in [2.05, 4.69) is 20.4 Å². The SMILES string of the molecule is COc1ccc(N2CCN(C(CNC(=O)C(=O)Nc3ccc4c(c3)N(S(=O)(=O)c3cccs3)CCC4)c3ccco3)CC2)cc1. The number of piperazine rings is 1. The van der Waals surface area contributed by atoms with Gasteiger partial charge in [-0.2, -0.15) is 0 Å². The molecule has 236 valence electrons. The van der Waals surface area contributed by atoms with Crippen LogP contribution in [0.3, 0.4) is 0 Å². The number of carbonyl (C=O) groups is 2. The summed E-state index contributed by atoms with van der Waals surface area (Å²) in [5.74, 6) is -0.105. The normalized spacial score (nSPS) is 16.1. The number of ether oxygens (including phenoxy) is 1. The van der Waals surface area contributed by atoms with Crippen LogP contribution in [0.25, 0.3) is 0 Å². The Hall–Kier alpha value is -4.33. The van der Waals surface area contributed by atoms with Crippen molar-refractivity contribution in [2.75, 3.05) is 60.9 Å². The summed E-state index contributed by atoms with van der Waals surface area (Å²) >= 11 is 1.16. The van der Waals surface area contributed by atoms with Crippen LogP contribution in [0, 0.1) is 0 Å². The molecule has 6 rings (SSSR count). The topological polar surface area (TPSA) is 124 Å². The Labute approximate surface area is 266 Å². The highest BCUT2D eigenvalue weighted by molar-refractivity contribution is 7.94. The highest BCUT2D eigenvalue weighted by atomic mass is 32.2. The lowest BCUT2D eigenvalue weighted by Gasteiger charge is -2.39. The Balaban J connectivity index is 1.09. The predicted octanol–water partition coefficient (Wildman–Crippen LogP) is 4.11. The summed E-state index contributed by atoms with van der Waals surface area (Å²) < 4.78 is 39.3. The van der Waals surface area contributed by atoms with Crippen molar-refractivity contribution in [3.63, 3.8) is 0 Å². The van der Waals surface area contributed by atoms with Crippen LogP contribution in [0.2, 0.25) is 0 Å². The molecule has 1 fully saturated rings. The molecule has 1 saturated heterocycles. The molecule has 0 spiro atoms. The number of methoxy groups -OCH3 is 1. The van der Waals surface area contributed by atoms with Gasteiger partial charge in [0.15, 0.2) is 0 Å². The smallest absolute Gasteiger partial charge is 0.313 e. The van der Waals surface area contributed by atoms with Crippen LogP contribution in [0.4, 0.5) is 17.1 Å². The van der Waals surface area contributed by atoms with E-state index in [1.807, 2.05) is 36.4 Å². The van der Waals surface area contributed by atoms with Crippen molar-refractivity contribution >= 4 is 50.2 Å². The Morgan fingerprint density at radius 2 is 1.78 bits per heavy atom. The van der Waals surface area contributed by atoms with E-state index in [0.29, 0.717) is 30.1 Å². The molecule has 4 heterocycles. The van der Waals surface area contributed by atoms with Gasteiger partial charge in [-0.15, -0.1) is 11.3 Å². The van der Waals surface area contributed by atoms with Gasteiger partial charge in [0.05, 0.1) is 25.1 Å². The van der Waals surface area contributed by atoms with Gasteiger partial charge in [-0.05, 0) is 78.4 Å². The summed E-state index contributed by atoms with van der Waals surface area (Å²) in [6.45, 7) is 3.57. The number of anilines is 3. The third kappa shape index (κ3) is 6.70. The first-order valence-corrected chi connectivity index (χ1v) is 17.1. The number of fused-ring (bicyclic) bond motifs is 1. The van der Waals surface area contributed by atoms with Crippen molar-refractivity contribution < 1.29 is 27.2 Å². The predicted molar refractivity (Wildman–Crippen MR) is 173 cm³/mol. The standard InChI is InChI=1S/C32H35N5O6S2/c1-42-26-12-10-25(11-13-26)35-15-17-36(18-16-35)28(29-6-3-19-43-29)22-33-31(38)32(39)34-24-9-8-23-5-2-14-37(27(23)21-24)45(40,41)30-7-4-20-44-30/h3-4,6-13,19-21,28H,2,5,14-18,22H2,1H3,(H,33,38)(H,34,39). The van der Waals surface area contributed by atoms with E-state index in [4.69, 9.17) is 9.15 Å². The average Bonchev–Trinajstić information content (AvgIpc) is 3.81. The van der Waals surface area contributed by atoms with Gasteiger partial charge < -0.3 is 24.7 Å². The largest absolute Gasteiger partial charge is 0.497 e. The molecule has 2 amide bonds. The van der Waals surface area contributed by atoms with Crippen molar-refractivity contribution in [1.29, 1.82) is 0 Å². The number of thiophene rings is 1. The molecule has 1 unspecified atom stereocenters. The van der Waals surface area contributed by atoms with Gasteiger partial charge in [0, 0.05) is 50.6 Å². The maximum atomic E-state index is 13.3. The highest BCUT2D eigenvalue weighted by Crippen LogP contribution is 2.35. The van der Waals surface area contributed by atoms with Crippen LogP contribution in [0.1, 0.15) is 23.8 Å². The van der Waals surface area contributed by atoms with E-state index < -0.39 is 21.8 Å². The van der Waals surface area contributed by atoms with Crippen LogP contribution < -0.4 is 24.6 Å². The van der Waals surface area contributed by atoms with E-state index in [0.717, 1.165) is 60.9 Å². The number of hydrogen-bond donors (Lipinski definition) is 2. The molecule has 2 aliphatic rings. The Morgan fingerprint density at radius 1 is 0.978 bits per heavy atom. The zero-order valence-electron chi connectivity index (χ0n) is 24.8. The van der Waals surface area contributed by atoms with E-state index in [9.17, 15) is 18.0 Å². The first-order chi connectivity index (χ1) is 21.8. The maximum Gasteiger partial charge on any atom is 0.313 e. The van der Waals surface area contributed by atoms with E-state index >= 15 is 0 Å². The summed E-state index contributed by atoms with van der Waals surface area (Å²) in [5, 5.41) is 7.15. The zero-order chi connectivity index (χ0) is 31.4. The second kappa shape index (κ2) is 13.3. The lowest BCUT2D eigenvalue weighted by molar-refractivity contribution is -0.136. The molecule has 2 aromatic carbocycles. The summed E-state index contributed by atoms with van der Waals surface area (Å²) in [7, 11) is -2.08. The van der Waals surface area contributed by atoms with Gasteiger partial charge in [0.2, 0.25) is 0 Å². The minimum absolute atomic E-state index is 0.180. The number of furan rings is 1. The van der Waals surface area contributed by atoms with Crippen LogP contribution >= 0.6 is 11.3 Å². The fourth-order valence-corrected chi connectivity index (χ4v) is 8.46. The molecule has 0 bridgehead atoms. The zero-order valence-corrected chi connectivity index (χ0v) is 26.5. The Kier molecular flexibility index (Phi) is 9.10. The number of nitrogens with one attached hydrogen (secondary N) is 2. The fourth-order valence-electron chi connectivity index (χ4n) is 5.82. The van der Waals surface area contributed by atoms with Gasteiger partial charge in [-0.1, -0.05) is 12.1 Å². The lowest BCUT2D eigenvalue weighted by atomic mass is 10.0. The van der Waals surface area contributed by atoms with Crippen molar-refractivity contribution in [2.45, 2.75) is 23.1 Å². The molecule has 4 aromatic rings. The minimum Gasteiger partial charge on any atom is -0.497 e. The lowest BCUT2D eigenvalue weighted by Crippen LogP contribution is -2.50. The van der Waals surface area contributed by atoms with Gasteiger partial charge in [-0.3, -0.25) is 18.8 Å².